The van der Waals surface area contributed by atoms with Crippen molar-refractivity contribution in [2.24, 2.45) is 0 Å². The number of rotatable bonds is 3. The third-order valence-corrected chi connectivity index (χ3v) is 4.98. The second kappa shape index (κ2) is 7.35. The predicted octanol–water partition coefficient (Wildman–Crippen LogP) is 2.44. The lowest BCUT2D eigenvalue weighted by Gasteiger charge is -2.28. The van der Waals surface area contributed by atoms with Crippen molar-refractivity contribution in [2.75, 3.05) is 13.1 Å². The van der Waals surface area contributed by atoms with E-state index >= 15 is 0 Å². The highest BCUT2D eigenvalue weighted by atomic mass is 19.1. The minimum Gasteiger partial charge on any atom is -0.337 e. The van der Waals surface area contributed by atoms with Gasteiger partial charge in [0.15, 0.2) is 0 Å². The van der Waals surface area contributed by atoms with Crippen LogP contribution in [0.5, 0.6) is 0 Å². The summed E-state index contributed by atoms with van der Waals surface area (Å²) in [5, 5.41) is 0. The van der Waals surface area contributed by atoms with Gasteiger partial charge in [0.05, 0.1) is 11.7 Å². The van der Waals surface area contributed by atoms with Crippen LogP contribution in [-0.2, 0) is 4.79 Å². The summed E-state index contributed by atoms with van der Waals surface area (Å²) in [6.07, 6.45) is 5.29. The Kier molecular flexibility index (Phi) is 4.77. The van der Waals surface area contributed by atoms with Crippen molar-refractivity contribution in [2.45, 2.75) is 24.9 Å². The summed E-state index contributed by atoms with van der Waals surface area (Å²) in [6.45, 7) is 1.26. The number of benzene rings is 1. The molecule has 0 radical (unpaired) electrons. The predicted molar refractivity (Wildman–Crippen MR) is 97.2 cm³/mol. The Bertz CT molecular complexity index is 806. The molecular weight excluding hydrogens is 331 g/mol. The van der Waals surface area contributed by atoms with Crippen LogP contribution in [0.1, 0.15) is 30.1 Å². The zero-order chi connectivity index (χ0) is 17.9. The Morgan fingerprint density at radius 2 is 2.00 bits per heavy atom. The van der Waals surface area contributed by atoms with Crippen molar-refractivity contribution >= 4 is 11.5 Å². The van der Waals surface area contributed by atoms with Crippen LogP contribution in [0, 0.1) is 5.82 Å². The Morgan fingerprint density at radius 3 is 2.69 bits per heavy atom. The fraction of sp³-hybridized carbons (Fsp3) is 0.300. The van der Waals surface area contributed by atoms with Crippen LogP contribution >= 0.6 is 0 Å². The lowest BCUT2D eigenvalue weighted by Crippen LogP contribution is -2.46. The summed E-state index contributed by atoms with van der Waals surface area (Å²) >= 11 is 0. The highest BCUT2D eigenvalue weighted by Gasteiger charge is 2.33. The molecule has 1 aromatic carbocycles. The first-order valence-corrected chi connectivity index (χ1v) is 8.86. The van der Waals surface area contributed by atoms with Crippen LogP contribution in [0.25, 0.3) is 5.57 Å². The van der Waals surface area contributed by atoms with Gasteiger partial charge >= 0.3 is 0 Å². The van der Waals surface area contributed by atoms with E-state index in [2.05, 4.69) is 21.9 Å². The first-order chi connectivity index (χ1) is 12.7. The van der Waals surface area contributed by atoms with Gasteiger partial charge in [-0.3, -0.25) is 9.78 Å². The van der Waals surface area contributed by atoms with E-state index in [1.54, 1.807) is 18.3 Å². The third kappa shape index (κ3) is 3.52. The Labute approximate surface area is 151 Å². The van der Waals surface area contributed by atoms with Gasteiger partial charge in [-0.1, -0.05) is 24.3 Å². The number of nitrogens with zero attached hydrogens (tertiary/aromatic N) is 2. The molecule has 6 heteroatoms. The first kappa shape index (κ1) is 16.9. The monoisotopic (exact) mass is 352 g/mol. The van der Waals surface area contributed by atoms with Crippen LogP contribution in [0.2, 0.25) is 0 Å². The maximum absolute atomic E-state index is 13.1. The smallest absolute Gasteiger partial charge is 0.241 e. The number of halogens is 1. The van der Waals surface area contributed by atoms with Crippen molar-refractivity contribution in [1.29, 1.82) is 0 Å². The number of hydrogen-bond acceptors (Lipinski definition) is 4. The molecule has 2 aliphatic rings. The van der Waals surface area contributed by atoms with E-state index in [1.807, 2.05) is 23.1 Å². The third-order valence-electron chi connectivity index (χ3n) is 4.98. The van der Waals surface area contributed by atoms with Gasteiger partial charge in [-0.25, -0.2) is 15.2 Å². The fourth-order valence-corrected chi connectivity index (χ4v) is 3.51. The number of hydrazine groups is 1. The van der Waals surface area contributed by atoms with Crippen molar-refractivity contribution in [3.8, 4) is 0 Å². The summed E-state index contributed by atoms with van der Waals surface area (Å²) < 4.78 is 13.1. The largest absolute Gasteiger partial charge is 0.337 e. The van der Waals surface area contributed by atoms with Gasteiger partial charge in [0, 0.05) is 19.3 Å². The van der Waals surface area contributed by atoms with Crippen molar-refractivity contribution in [1.82, 2.24) is 20.7 Å². The number of carbonyl (C=O) groups is 1. The fourth-order valence-electron chi connectivity index (χ4n) is 3.51. The molecule has 0 spiro atoms. The van der Waals surface area contributed by atoms with E-state index in [0.717, 1.165) is 23.3 Å². The van der Waals surface area contributed by atoms with Gasteiger partial charge in [-0.05, 0) is 48.2 Å². The van der Waals surface area contributed by atoms with Crippen LogP contribution < -0.4 is 10.9 Å². The topological polar surface area (TPSA) is 57.3 Å². The number of pyridine rings is 1. The van der Waals surface area contributed by atoms with Crippen LogP contribution in [0.15, 0.2) is 54.7 Å². The molecule has 1 fully saturated rings. The Hall–Kier alpha value is -2.57. The lowest BCUT2D eigenvalue weighted by atomic mass is 9.98. The number of nitrogens with one attached hydrogen (secondary N) is 2. The van der Waals surface area contributed by atoms with Gasteiger partial charge in [-0.2, -0.15) is 0 Å². The molecule has 0 aliphatic carbocycles. The number of carbonyl (C=O) groups excluding carboxylic acids is 1. The molecule has 26 heavy (non-hydrogen) atoms. The SMILES string of the molecule is O=C(C1CC(c2ccccn2)NN1)N1CC=C(c2ccc(F)cc2)CC1. The number of amides is 1. The first-order valence-electron chi connectivity index (χ1n) is 8.86. The molecule has 5 nitrogen and oxygen atoms in total. The van der Waals surface area contributed by atoms with Gasteiger partial charge in [0.2, 0.25) is 5.91 Å². The molecule has 134 valence electrons. The molecule has 2 unspecified atom stereocenters. The van der Waals surface area contributed by atoms with Crippen molar-refractivity contribution in [3.63, 3.8) is 0 Å². The molecule has 2 aromatic rings. The van der Waals surface area contributed by atoms with E-state index in [1.165, 1.54) is 12.1 Å². The molecule has 4 rings (SSSR count). The molecule has 2 N–H and O–H groups in total. The number of hydrogen-bond donors (Lipinski definition) is 2. The summed E-state index contributed by atoms with van der Waals surface area (Å²) in [5.74, 6) is -0.130. The van der Waals surface area contributed by atoms with Crippen LogP contribution in [-0.4, -0.2) is 34.9 Å². The van der Waals surface area contributed by atoms with Gasteiger partial charge in [-0.15, -0.1) is 0 Å². The summed E-state index contributed by atoms with van der Waals surface area (Å²) in [6, 6.07) is 12.1. The molecule has 1 saturated heterocycles. The van der Waals surface area contributed by atoms with E-state index in [4.69, 9.17) is 0 Å². The Balaban J connectivity index is 1.37. The van der Waals surface area contributed by atoms with Gasteiger partial charge < -0.3 is 4.90 Å². The summed E-state index contributed by atoms with van der Waals surface area (Å²) in [7, 11) is 0. The maximum Gasteiger partial charge on any atom is 0.241 e. The zero-order valence-corrected chi connectivity index (χ0v) is 14.4. The standard InChI is InChI=1S/C20H21FN4O/c21-16-6-4-14(5-7-16)15-8-11-25(12-9-15)20(26)19-13-18(23-24-19)17-3-1-2-10-22-17/h1-8,10,18-19,23-24H,9,11-13H2. The van der Waals surface area contributed by atoms with E-state index in [9.17, 15) is 9.18 Å². The average molecular weight is 352 g/mol. The molecular formula is C20H21FN4O. The molecule has 2 atom stereocenters. The van der Waals surface area contributed by atoms with Gasteiger partial charge in [0.25, 0.3) is 0 Å². The molecule has 1 amide bonds. The Morgan fingerprint density at radius 1 is 1.15 bits per heavy atom. The minimum absolute atomic E-state index is 0.0419. The minimum atomic E-state index is -0.247. The highest BCUT2D eigenvalue weighted by molar-refractivity contribution is 5.83. The van der Waals surface area contributed by atoms with Crippen LogP contribution in [0.3, 0.4) is 0 Å². The zero-order valence-electron chi connectivity index (χ0n) is 14.4. The highest BCUT2D eigenvalue weighted by Crippen LogP contribution is 2.25. The van der Waals surface area contributed by atoms with Crippen LogP contribution in [0.4, 0.5) is 4.39 Å². The van der Waals surface area contributed by atoms with Crippen molar-refractivity contribution < 1.29 is 9.18 Å². The van der Waals surface area contributed by atoms with Gasteiger partial charge in [0.1, 0.15) is 11.9 Å². The van der Waals surface area contributed by atoms with E-state index in [0.29, 0.717) is 19.5 Å². The summed E-state index contributed by atoms with van der Waals surface area (Å²) in [5.41, 5.74) is 9.40. The quantitative estimate of drug-likeness (QED) is 0.891. The number of aromatic nitrogens is 1. The lowest BCUT2D eigenvalue weighted by molar-refractivity contribution is -0.132. The normalized spacial score (nSPS) is 23.0. The average Bonchev–Trinajstić information content (AvgIpc) is 3.19. The second-order valence-electron chi connectivity index (χ2n) is 6.65. The molecule has 2 aliphatic heterocycles. The summed E-state index contributed by atoms with van der Waals surface area (Å²) in [4.78, 5) is 19.0. The van der Waals surface area contributed by atoms with E-state index < -0.39 is 0 Å². The molecule has 1 aromatic heterocycles. The maximum atomic E-state index is 13.1. The van der Waals surface area contributed by atoms with E-state index in [-0.39, 0.29) is 23.8 Å². The molecule has 0 saturated carbocycles. The molecule has 0 bridgehead atoms. The van der Waals surface area contributed by atoms with Crippen molar-refractivity contribution in [3.05, 3.63) is 71.8 Å². The molecule has 3 heterocycles. The second-order valence-corrected chi connectivity index (χ2v) is 6.65.